The minimum Gasteiger partial charge on any atom is -0.305 e. The van der Waals surface area contributed by atoms with Gasteiger partial charge in [-0.25, -0.2) is 0 Å². The lowest BCUT2D eigenvalue weighted by Crippen LogP contribution is -2.10. The largest absolute Gasteiger partial charge is 0.305 e. The molecule has 0 radical (unpaired) electrons. The molecule has 0 aliphatic rings. The molecule has 1 aromatic carbocycles. The molecule has 0 spiro atoms. The van der Waals surface area contributed by atoms with Crippen molar-refractivity contribution >= 4 is 10.8 Å². The highest BCUT2D eigenvalue weighted by Crippen LogP contribution is 2.16. The van der Waals surface area contributed by atoms with E-state index in [1.54, 1.807) is 13.3 Å². The van der Waals surface area contributed by atoms with E-state index in [4.69, 9.17) is 4.84 Å². The fourth-order valence-electron chi connectivity index (χ4n) is 1.48. The van der Waals surface area contributed by atoms with Gasteiger partial charge in [-0.05, 0) is 17.0 Å². The van der Waals surface area contributed by atoms with Crippen LogP contribution in [-0.2, 0) is 11.4 Å². The van der Waals surface area contributed by atoms with Crippen LogP contribution >= 0.6 is 0 Å². The molecular formula is C11H12N2O. The van der Waals surface area contributed by atoms with Crippen molar-refractivity contribution in [3.8, 4) is 0 Å². The Bertz CT molecular complexity index is 423. The minimum atomic E-state index is 0.694. The van der Waals surface area contributed by atoms with Crippen LogP contribution in [-0.4, -0.2) is 12.1 Å². The Morgan fingerprint density at radius 2 is 2.29 bits per heavy atom. The molecule has 1 aromatic heterocycles. The van der Waals surface area contributed by atoms with Crippen LogP contribution in [0, 0.1) is 0 Å². The molecule has 0 saturated carbocycles. The van der Waals surface area contributed by atoms with Gasteiger partial charge in [-0.15, -0.1) is 0 Å². The predicted octanol–water partition coefficient (Wildman–Crippen LogP) is 1.89. The third-order valence-corrected chi connectivity index (χ3v) is 2.18. The Hall–Kier alpha value is -1.45. The first-order valence-electron chi connectivity index (χ1n) is 4.49. The van der Waals surface area contributed by atoms with Crippen molar-refractivity contribution in [1.82, 2.24) is 10.5 Å². The number of hydrogen-bond donors (Lipinski definition) is 1. The van der Waals surface area contributed by atoms with Gasteiger partial charge in [0.1, 0.15) is 0 Å². The van der Waals surface area contributed by atoms with Gasteiger partial charge < -0.3 is 4.84 Å². The fourth-order valence-corrected chi connectivity index (χ4v) is 1.48. The molecule has 0 aliphatic carbocycles. The summed E-state index contributed by atoms with van der Waals surface area (Å²) in [5.41, 5.74) is 4.02. The molecule has 0 aliphatic heterocycles. The first kappa shape index (κ1) is 9.12. The fraction of sp³-hybridized carbons (Fsp3) is 0.182. The van der Waals surface area contributed by atoms with Crippen LogP contribution < -0.4 is 5.48 Å². The van der Waals surface area contributed by atoms with Crippen LogP contribution in [0.3, 0.4) is 0 Å². The van der Waals surface area contributed by atoms with Crippen molar-refractivity contribution in [2.45, 2.75) is 6.54 Å². The van der Waals surface area contributed by atoms with Crippen molar-refractivity contribution in [3.63, 3.8) is 0 Å². The van der Waals surface area contributed by atoms with Crippen molar-refractivity contribution in [3.05, 3.63) is 42.2 Å². The quantitative estimate of drug-likeness (QED) is 0.747. The van der Waals surface area contributed by atoms with E-state index >= 15 is 0 Å². The van der Waals surface area contributed by atoms with Crippen molar-refractivity contribution in [2.24, 2.45) is 0 Å². The zero-order chi connectivity index (χ0) is 9.80. The number of pyridine rings is 1. The Labute approximate surface area is 82.7 Å². The van der Waals surface area contributed by atoms with Gasteiger partial charge in [-0.1, -0.05) is 18.2 Å². The molecule has 3 nitrogen and oxygen atoms in total. The van der Waals surface area contributed by atoms with Gasteiger partial charge in [0, 0.05) is 24.3 Å². The number of aromatic nitrogens is 1. The summed E-state index contributed by atoms with van der Waals surface area (Å²) in [5.74, 6) is 0. The average molecular weight is 188 g/mol. The number of hydroxylamine groups is 1. The highest BCUT2D eigenvalue weighted by molar-refractivity contribution is 5.84. The van der Waals surface area contributed by atoms with E-state index in [1.165, 1.54) is 16.3 Å². The van der Waals surface area contributed by atoms with Gasteiger partial charge in [-0.3, -0.25) is 4.98 Å². The molecule has 0 amide bonds. The molecule has 0 saturated heterocycles. The molecule has 1 N–H and O–H groups in total. The summed E-state index contributed by atoms with van der Waals surface area (Å²) in [6.45, 7) is 0.694. The summed E-state index contributed by atoms with van der Waals surface area (Å²) in [6, 6.07) is 8.18. The first-order chi connectivity index (χ1) is 6.92. The van der Waals surface area contributed by atoms with Gasteiger partial charge in [-0.2, -0.15) is 5.48 Å². The van der Waals surface area contributed by atoms with Gasteiger partial charge in [0.15, 0.2) is 0 Å². The van der Waals surface area contributed by atoms with Crippen LogP contribution in [0.4, 0.5) is 0 Å². The number of hydrogen-bond acceptors (Lipinski definition) is 3. The smallest absolute Gasteiger partial charge is 0.0572 e. The molecule has 3 heteroatoms. The topological polar surface area (TPSA) is 34.1 Å². The van der Waals surface area contributed by atoms with E-state index in [2.05, 4.69) is 22.6 Å². The van der Waals surface area contributed by atoms with E-state index < -0.39 is 0 Å². The summed E-state index contributed by atoms with van der Waals surface area (Å²) < 4.78 is 0. The highest BCUT2D eigenvalue weighted by Gasteiger charge is 1.99. The second-order valence-corrected chi connectivity index (χ2v) is 3.04. The minimum absolute atomic E-state index is 0.694. The van der Waals surface area contributed by atoms with Crippen LogP contribution in [0.25, 0.3) is 10.8 Å². The van der Waals surface area contributed by atoms with Gasteiger partial charge >= 0.3 is 0 Å². The molecule has 14 heavy (non-hydrogen) atoms. The highest BCUT2D eigenvalue weighted by atomic mass is 16.6. The maximum absolute atomic E-state index is 4.82. The Morgan fingerprint density at radius 3 is 3.14 bits per heavy atom. The maximum Gasteiger partial charge on any atom is 0.0572 e. The van der Waals surface area contributed by atoms with E-state index in [9.17, 15) is 0 Å². The third kappa shape index (κ3) is 1.73. The van der Waals surface area contributed by atoms with E-state index in [1.807, 2.05) is 18.3 Å². The summed E-state index contributed by atoms with van der Waals surface area (Å²) in [4.78, 5) is 8.94. The standard InChI is InChI=1S/C11H12N2O/c1-14-13-7-10-4-2-3-9-5-6-12-8-11(9)10/h2-6,8,13H,7H2,1H3. The van der Waals surface area contributed by atoms with Crippen molar-refractivity contribution in [2.75, 3.05) is 7.11 Å². The maximum atomic E-state index is 4.82. The molecule has 72 valence electrons. The van der Waals surface area contributed by atoms with Crippen LogP contribution in [0.2, 0.25) is 0 Å². The number of rotatable bonds is 3. The summed E-state index contributed by atoms with van der Waals surface area (Å²) >= 11 is 0. The lowest BCUT2D eigenvalue weighted by molar-refractivity contribution is 0.0870. The van der Waals surface area contributed by atoms with Gasteiger partial charge in [0.05, 0.1) is 7.11 Å². The number of benzene rings is 1. The first-order valence-corrected chi connectivity index (χ1v) is 4.49. The normalized spacial score (nSPS) is 10.6. The zero-order valence-corrected chi connectivity index (χ0v) is 8.03. The Kier molecular flexibility index (Phi) is 2.72. The Morgan fingerprint density at radius 1 is 1.36 bits per heavy atom. The Balaban J connectivity index is 2.43. The summed E-state index contributed by atoms with van der Waals surface area (Å²) in [5, 5.41) is 2.37. The van der Waals surface area contributed by atoms with E-state index in [0.29, 0.717) is 6.54 Å². The van der Waals surface area contributed by atoms with Gasteiger partial charge in [0.2, 0.25) is 0 Å². The molecular weight excluding hydrogens is 176 g/mol. The number of nitrogens with zero attached hydrogens (tertiary/aromatic N) is 1. The molecule has 0 atom stereocenters. The van der Waals surface area contributed by atoms with Crippen LogP contribution in [0.1, 0.15) is 5.56 Å². The second-order valence-electron chi connectivity index (χ2n) is 3.04. The summed E-state index contributed by atoms with van der Waals surface area (Å²) in [6.07, 6.45) is 3.68. The van der Waals surface area contributed by atoms with Crippen LogP contribution in [0.5, 0.6) is 0 Å². The summed E-state index contributed by atoms with van der Waals surface area (Å²) in [7, 11) is 1.61. The number of fused-ring (bicyclic) bond motifs is 1. The van der Waals surface area contributed by atoms with E-state index in [0.717, 1.165) is 0 Å². The lowest BCUT2D eigenvalue weighted by Gasteiger charge is -2.05. The molecule has 0 bridgehead atoms. The molecule has 0 unspecified atom stereocenters. The molecule has 1 heterocycles. The van der Waals surface area contributed by atoms with Gasteiger partial charge in [0.25, 0.3) is 0 Å². The second kappa shape index (κ2) is 4.17. The van der Waals surface area contributed by atoms with E-state index in [-0.39, 0.29) is 0 Å². The van der Waals surface area contributed by atoms with Crippen molar-refractivity contribution < 1.29 is 4.84 Å². The SMILES string of the molecule is CONCc1cccc2ccncc12. The zero-order valence-electron chi connectivity index (χ0n) is 8.03. The number of nitrogens with one attached hydrogen (secondary N) is 1. The van der Waals surface area contributed by atoms with Crippen molar-refractivity contribution in [1.29, 1.82) is 0 Å². The molecule has 2 aromatic rings. The average Bonchev–Trinajstić information content (AvgIpc) is 2.26. The molecule has 2 rings (SSSR count). The predicted molar refractivity (Wildman–Crippen MR) is 55.6 cm³/mol. The lowest BCUT2D eigenvalue weighted by atomic mass is 10.1. The van der Waals surface area contributed by atoms with Crippen LogP contribution in [0.15, 0.2) is 36.7 Å². The molecule has 0 fully saturated rings. The monoisotopic (exact) mass is 188 g/mol. The third-order valence-electron chi connectivity index (χ3n) is 2.18.